The summed E-state index contributed by atoms with van der Waals surface area (Å²) in [6.07, 6.45) is 7.00. The van der Waals surface area contributed by atoms with E-state index in [1.54, 1.807) is 0 Å². The molecule has 3 aromatic rings. The highest BCUT2D eigenvalue weighted by molar-refractivity contribution is 6.30. The smallest absolute Gasteiger partial charge is 0.410 e. The second-order valence-corrected chi connectivity index (χ2v) is 10.9. The molecule has 0 atom stereocenters. The fourth-order valence-corrected chi connectivity index (χ4v) is 4.82. The largest absolute Gasteiger partial charge is 0.486 e. The molecule has 0 unspecified atom stereocenters. The Morgan fingerprint density at radius 2 is 1.92 bits per heavy atom. The molecule has 6 nitrogen and oxygen atoms in total. The average molecular weight is 510 g/mol. The number of amides is 1. The number of fused-ring (bicyclic) bond motifs is 1. The molecule has 2 heterocycles. The number of benzene rings is 2. The molecule has 7 heteroatoms. The second kappa shape index (κ2) is 11.4. The molecular formula is C29H36ClN3O3. The van der Waals surface area contributed by atoms with Crippen molar-refractivity contribution in [3.8, 4) is 5.75 Å². The highest BCUT2D eigenvalue weighted by Gasteiger charge is 2.26. The van der Waals surface area contributed by atoms with Gasteiger partial charge in [-0.15, -0.1) is 0 Å². The Kier molecular flexibility index (Phi) is 8.24. The first kappa shape index (κ1) is 26.1. The van der Waals surface area contributed by atoms with Gasteiger partial charge in [-0.25, -0.2) is 9.78 Å². The molecular weight excluding hydrogens is 474 g/mol. The quantitative estimate of drug-likeness (QED) is 0.343. The summed E-state index contributed by atoms with van der Waals surface area (Å²) in [5.74, 6) is 2.17. The van der Waals surface area contributed by atoms with E-state index in [0.29, 0.717) is 17.5 Å². The summed E-state index contributed by atoms with van der Waals surface area (Å²) in [5, 5.41) is 0.681. The predicted molar refractivity (Wildman–Crippen MR) is 145 cm³/mol. The number of aromatic nitrogens is 2. The van der Waals surface area contributed by atoms with E-state index in [4.69, 9.17) is 26.1 Å². The fraction of sp³-hybridized carbons (Fsp3) is 0.448. The van der Waals surface area contributed by atoms with Gasteiger partial charge in [0.1, 0.15) is 23.8 Å². The van der Waals surface area contributed by atoms with Crippen molar-refractivity contribution in [3.05, 3.63) is 65.0 Å². The zero-order valence-electron chi connectivity index (χ0n) is 21.5. The molecule has 192 valence electrons. The lowest BCUT2D eigenvalue weighted by Crippen LogP contribution is -2.41. The molecule has 0 saturated carbocycles. The maximum Gasteiger partial charge on any atom is 0.410 e. The van der Waals surface area contributed by atoms with Crippen LogP contribution in [-0.4, -0.2) is 39.7 Å². The van der Waals surface area contributed by atoms with Crippen molar-refractivity contribution < 1.29 is 14.3 Å². The van der Waals surface area contributed by atoms with Crippen molar-refractivity contribution in [2.24, 2.45) is 5.92 Å². The zero-order chi connectivity index (χ0) is 25.7. The summed E-state index contributed by atoms with van der Waals surface area (Å²) in [7, 11) is 0. The normalized spacial score (nSPS) is 14.7. The molecule has 36 heavy (non-hydrogen) atoms. The number of likely N-dealkylation sites (tertiary alicyclic amines) is 1. The third kappa shape index (κ3) is 6.82. The van der Waals surface area contributed by atoms with Gasteiger partial charge in [-0.05, 0) is 94.7 Å². The van der Waals surface area contributed by atoms with E-state index in [-0.39, 0.29) is 6.09 Å². The molecule has 1 N–H and O–H groups in total. The molecule has 0 bridgehead atoms. The number of halogens is 1. The number of carbonyl (C=O) groups is 1. The average Bonchev–Trinajstić information content (AvgIpc) is 3.26. The first-order valence-corrected chi connectivity index (χ1v) is 13.1. The molecule has 1 aliphatic heterocycles. The number of hydrogen-bond donors (Lipinski definition) is 1. The van der Waals surface area contributed by atoms with E-state index in [2.05, 4.69) is 23.7 Å². The summed E-state index contributed by atoms with van der Waals surface area (Å²) >= 11 is 5.94. The van der Waals surface area contributed by atoms with Crippen molar-refractivity contribution >= 4 is 34.8 Å². The highest BCUT2D eigenvalue weighted by atomic mass is 35.5. The van der Waals surface area contributed by atoms with Crippen LogP contribution in [0.25, 0.3) is 17.1 Å². The standard InChI is InChI=1S/C29H36ClN3O3/c1-5-24-21(8-6-7-20-15-17-33(18-16-20)28(34)36-29(2,3)4)9-14-25-27(24)32-26(31-25)19-35-23-12-10-22(30)11-13-23/h5,9-14,20H,1,6-8,15-19H2,2-4H3,(H,31,32). The van der Waals surface area contributed by atoms with Crippen molar-refractivity contribution in [2.45, 2.75) is 65.1 Å². The molecule has 0 spiro atoms. The molecule has 1 aromatic heterocycles. The summed E-state index contributed by atoms with van der Waals surface area (Å²) in [6, 6.07) is 11.6. The van der Waals surface area contributed by atoms with Crippen molar-refractivity contribution in [1.29, 1.82) is 0 Å². The molecule has 0 radical (unpaired) electrons. The Morgan fingerprint density at radius 1 is 1.19 bits per heavy atom. The predicted octanol–water partition coefficient (Wildman–Crippen LogP) is 7.41. The number of aryl methyl sites for hydroxylation is 1. The van der Waals surface area contributed by atoms with Crippen LogP contribution >= 0.6 is 11.6 Å². The van der Waals surface area contributed by atoms with Crippen LogP contribution in [0.5, 0.6) is 5.75 Å². The van der Waals surface area contributed by atoms with Crippen LogP contribution in [0.1, 0.15) is 63.4 Å². The Bertz CT molecular complexity index is 1190. The van der Waals surface area contributed by atoms with Gasteiger partial charge in [0.2, 0.25) is 0 Å². The van der Waals surface area contributed by atoms with Crippen molar-refractivity contribution in [3.63, 3.8) is 0 Å². The number of nitrogens with one attached hydrogen (secondary N) is 1. The van der Waals surface area contributed by atoms with E-state index < -0.39 is 5.60 Å². The minimum absolute atomic E-state index is 0.193. The van der Waals surface area contributed by atoms with E-state index in [1.165, 1.54) is 5.56 Å². The zero-order valence-corrected chi connectivity index (χ0v) is 22.2. The number of ether oxygens (including phenoxy) is 2. The minimum Gasteiger partial charge on any atom is -0.486 e. The van der Waals surface area contributed by atoms with Gasteiger partial charge in [-0.3, -0.25) is 0 Å². The Hall–Kier alpha value is -2.99. The van der Waals surface area contributed by atoms with Crippen LogP contribution in [0.2, 0.25) is 5.02 Å². The minimum atomic E-state index is -0.448. The number of piperidine rings is 1. The van der Waals surface area contributed by atoms with E-state index in [0.717, 1.165) is 73.4 Å². The van der Waals surface area contributed by atoms with Gasteiger partial charge >= 0.3 is 6.09 Å². The van der Waals surface area contributed by atoms with Crippen molar-refractivity contribution in [1.82, 2.24) is 14.9 Å². The highest BCUT2D eigenvalue weighted by Crippen LogP contribution is 2.27. The number of hydrogen-bond acceptors (Lipinski definition) is 4. The van der Waals surface area contributed by atoms with Gasteiger partial charge in [0.15, 0.2) is 0 Å². The third-order valence-corrected chi connectivity index (χ3v) is 6.80. The van der Waals surface area contributed by atoms with Crippen LogP contribution in [0, 0.1) is 5.92 Å². The van der Waals surface area contributed by atoms with Gasteiger partial charge in [-0.1, -0.05) is 30.3 Å². The Morgan fingerprint density at radius 3 is 2.58 bits per heavy atom. The van der Waals surface area contributed by atoms with Gasteiger partial charge in [-0.2, -0.15) is 0 Å². The van der Waals surface area contributed by atoms with Crippen LogP contribution in [0.15, 0.2) is 43.0 Å². The molecule has 1 fully saturated rings. The first-order valence-electron chi connectivity index (χ1n) is 12.7. The molecule has 1 aliphatic rings. The maximum absolute atomic E-state index is 12.3. The first-order chi connectivity index (χ1) is 17.2. The number of aromatic amines is 1. The Balaban J connectivity index is 1.30. The number of H-pyrrole nitrogens is 1. The number of carbonyl (C=O) groups excluding carboxylic acids is 1. The Labute approximate surface area is 218 Å². The van der Waals surface area contributed by atoms with Gasteiger partial charge < -0.3 is 19.4 Å². The summed E-state index contributed by atoms with van der Waals surface area (Å²) in [6.45, 7) is 11.7. The maximum atomic E-state index is 12.3. The SMILES string of the molecule is C=Cc1c(CCCC2CCN(C(=O)OC(C)(C)C)CC2)ccc2[nH]c(COc3ccc(Cl)cc3)nc12. The number of nitrogens with zero attached hydrogens (tertiary/aromatic N) is 2. The summed E-state index contributed by atoms with van der Waals surface area (Å²) in [4.78, 5) is 22.3. The lowest BCUT2D eigenvalue weighted by Gasteiger charge is -2.33. The van der Waals surface area contributed by atoms with E-state index in [1.807, 2.05) is 56.0 Å². The van der Waals surface area contributed by atoms with Crippen LogP contribution < -0.4 is 4.74 Å². The molecule has 1 amide bonds. The van der Waals surface area contributed by atoms with E-state index in [9.17, 15) is 4.79 Å². The molecule has 1 saturated heterocycles. The molecule has 4 rings (SSSR count). The van der Waals surface area contributed by atoms with Crippen LogP contribution in [-0.2, 0) is 17.8 Å². The molecule has 2 aromatic carbocycles. The van der Waals surface area contributed by atoms with E-state index >= 15 is 0 Å². The summed E-state index contributed by atoms with van der Waals surface area (Å²) < 4.78 is 11.4. The van der Waals surface area contributed by atoms with Gasteiger partial charge in [0.25, 0.3) is 0 Å². The van der Waals surface area contributed by atoms with Crippen LogP contribution in [0.3, 0.4) is 0 Å². The monoisotopic (exact) mass is 509 g/mol. The third-order valence-electron chi connectivity index (χ3n) is 6.55. The second-order valence-electron chi connectivity index (χ2n) is 10.5. The van der Waals surface area contributed by atoms with Gasteiger partial charge in [0.05, 0.1) is 11.0 Å². The number of imidazole rings is 1. The van der Waals surface area contributed by atoms with Gasteiger partial charge in [0, 0.05) is 23.7 Å². The summed E-state index contributed by atoms with van der Waals surface area (Å²) in [5.41, 5.74) is 3.82. The van der Waals surface area contributed by atoms with Crippen LogP contribution in [0.4, 0.5) is 4.79 Å². The number of rotatable bonds is 8. The lowest BCUT2D eigenvalue weighted by molar-refractivity contribution is 0.0180. The fourth-order valence-electron chi connectivity index (χ4n) is 4.70. The van der Waals surface area contributed by atoms with Crippen molar-refractivity contribution in [2.75, 3.05) is 13.1 Å². The molecule has 0 aliphatic carbocycles. The topological polar surface area (TPSA) is 67.5 Å². The lowest BCUT2D eigenvalue weighted by atomic mass is 9.90.